The number of hydrogen-bond acceptors (Lipinski definition) is 3. The number of nitrogens with zero attached hydrogens (tertiary/aromatic N) is 1. The van der Waals surface area contributed by atoms with Gasteiger partial charge in [0.25, 0.3) is 0 Å². The molecule has 1 fully saturated rings. The zero-order valence-corrected chi connectivity index (χ0v) is 11.9. The molecule has 5 heteroatoms. The van der Waals surface area contributed by atoms with Crippen molar-refractivity contribution in [1.29, 1.82) is 0 Å². The van der Waals surface area contributed by atoms with Crippen molar-refractivity contribution < 1.29 is 4.79 Å². The molecule has 19 heavy (non-hydrogen) atoms. The van der Waals surface area contributed by atoms with Gasteiger partial charge in [-0.05, 0) is 22.8 Å². The van der Waals surface area contributed by atoms with Gasteiger partial charge in [0.05, 0.1) is 0 Å². The van der Waals surface area contributed by atoms with E-state index in [1.807, 2.05) is 0 Å². The molecule has 0 unspecified atom stereocenters. The molecule has 0 atom stereocenters. The van der Waals surface area contributed by atoms with E-state index >= 15 is 0 Å². The van der Waals surface area contributed by atoms with Gasteiger partial charge < -0.3 is 10.3 Å². The van der Waals surface area contributed by atoms with Crippen molar-refractivity contribution in [2.45, 2.75) is 34.1 Å². The molecule has 1 heterocycles. The second-order valence-corrected chi connectivity index (χ2v) is 6.34. The van der Waals surface area contributed by atoms with Gasteiger partial charge in [0.15, 0.2) is 0 Å². The van der Waals surface area contributed by atoms with Crippen LogP contribution in [0.4, 0.5) is 0 Å². The van der Waals surface area contributed by atoms with Gasteiger partial charge in [-0.15, -0.1) is 0 Å². The molecule has 2 N–H and O–H groups in total. The summed E-state index contributed by atoms with van der Waals surface area (Å²) in [7, 11) is 0. The number of amides is 1. The molecule has 0 aromatic carbocycles. The number of nitrogens with one attached hydrogen (secondary N) is 2. The Labute approximate surface area is 112 Å². The van der Waals surface area contributed by atoms with Crippen molar-refractivity contribution in [2.24, 2.45) is 16.7 Å². The maximum Gasteiger partial charge on any atom is 0.344 e. The van der Waals surface area contributed by atoms with Crippen molar-refractivity contribution in [1.82, 2.24) is 15.3 Å². The molecular formula is C14H21N3O2. The van der Waals surface area contributed by atoms with Crippen LogP contribution < -0.4 is 11.0 Å². The summed E-state index contributed by atoms with van der Waals surface area (Å²) in [6, 6.07) is 0. The number of aromatic amines is 1. The maximum absolute atomic E-state index is 12.1. The lowest BCUT2D eigenvalue weighted by atomic mass is 10.0. The van der Waals surface area contributed by atoms with E-state index in [9.17, 15) is 9.59 Å². The monoisotopic (exact) mass is 263 g/mol. The molecule has 1 saturated carbocycles. The van der Waals surface area contributed by atoms with Crippen LogP contribution >= 0.6 is 0 Å². The molecule has 0 radical (unpaired) electrons. The van der Waals surface area contributed by atoms with Gasteiger partial charge in [-0.25, -0.2) is 9.78 Å². The van der Waals surface area contributed by atoms with E-state index < -0.39 is 0 Å². The van der Waals surface area contributed by atoms with Gasteiger partial charge in [-0.1, -0.05) is 27.7 Å². The van der Waals surface area contributed by atoms with Gasteiger partial charge in [0.1, 0.15) is 0 Å². The number of rotatable bonds is 4. The number of carbonyl (C=O) groups is 1. The molecule has 0 spiro atoms. The SMILES string of the molecule is CC1(C)C(C(=O)NCCc2cnc(=O)[nH]c2)C1(C)C. The van der Waals surface area contributed by atoms with E-state index in [-0.39, 0.29) is 28.3 Å². The van der Waals surface area contributed by atoms with Crippen LogP contribution in [-0.4, -0.2) is 22.4 Å². The molecule has 2 rings (SSSR count). The minimum Gasteiger partial charge on any atom is -0.355 e. The van der Waals surface area contributed by atoms with Crippen molar-refractivity contribution in [2.75, 3.05) is 6.54 Å². The Hall–Kier alpha value is -1.65. The average molecular weight is 263 g/mol. The molecule has 1 aromatic rings. The molecule has 5 nitrogen and oxygen atoms in total. The summed E-state index contributed by atoms with van der Waals surface area (Å²) < 4.78 is 0. The first-order chi connectivity index (χ1) is 8.76. The third-order valence-corrected chi connectivity index (χ3v) is 4.72. The zero-order valence-electron chi connectivity index (χ0n) is 11.9. The highest BCUT2D eigenvalue weighted by atomic mass is 16.2. The summed E-state index contributed by atoms with van der Waals surface area (Å²) in [6.07, 6.45) is 3.84. The molecule has 0 aliphatic heterocycles. The van der Waals surface area contributed by atoms with Crippen molar-refractivity contribution in [3.63, 3.8) is 0 Å². The highest BCUT2D eigenvalue weighted by Gasteiger charge is 2.68. The maximum atomic E-state index is 12.1. The predicted octanol–water partition coefficient (Wildman–Crippen LogP) is 1.11. The number of aromatic nitrogens is 2. The Morgan fingerprint density at radius 2 is 2.00 bits per heavy atom. The van der Waals surface area contributed by atoms with Gasteiger partial charge in [0, 0.05) is 24.9 Å². The molecule has 104 valence electrons. The Balaban J connectivity index is 1.83. The fraction of sp³-hybridized carbons (Fsp3) is 0.643. The fourth-order valence-corrected chi connectivity index (χ4v) is 2.79. The Morgan fingerprint density at radius 3 is 2.47 bits per heavy atom. The first kappa shape index (κ1) is 13.8. The average Bonchev–Trinajstić information content (AvgIpc) is 2.72. The summed E-state index contributed by atoms with van der Waals surface area (Å²) in [5, 5.41) is 2.96. The summed E-state index contributed by atoms with van der Waals surface area (Å²) in [5.74, 6) is 0.195. The number of H-pyrrole nitrogens is 1. The Kier molecular flexibility index (Phi) is 3.24. The number of carbonyl (C=O) groups excluding carboxylic acids is 1. The summed E-state index contributed by atoms with van der Waals surface area (Å²) in [6.45, 7) is 9.08. The van der Waals surface area contributed by atoms with Crippen LogP contribution in [-0.2, 0) is 11.2 Å². The smallest absolute Gasteiger partial charge is 0.344 e. The summed E-state index contributed by atoms with van der Waals surface area (Å²) >= 11 is 0. The normalized spacial score (nSPS) is 20.0. The zero-order chi connectivity index (χ0) is 14.3. The van der Waals surface area contributed by atoms with Gasteiger partial charge in [-0.2, -0.15) is 0 Å². The molecule has 1 aliphatic rings. The van der Waals surface area contributed by atoms with Crippen molar-refractivity contribution in [3.8, 4) is 0 Å². The minimum atomic E-state index is -0.353. The van der Waals surface area contributed by atoms with E-state index in [2.05, 4.69) is 43.0 Å². The van der Waals surface area contributed by atoms with E-state index in [4.69, 9.17) is 0 Å². The standard InChI is InChI=1S/C14H21N3O2/c1-13(2)10(14(13,3)4)11(18)15-6-5-9-7-16-12(19)17-8-9/h7-8,10H,5-6H2,1-4H3,(H,15,18)(H,16,17,19). The van der Waals surface area contributed by atoms with E-state index in [0.717, 1.165) is 5.56 Å². The van der Waals surface area contributed by atoms with Crippen LogP contribution in [0.25, 0.3) is 0 Å². The van der Waals surface area contributed by atoms with Crippen LogP contribution in [0.1, 0.15) is 33.3 Å². The third-order valence-electron chi connectivity index (χ3n) is 4.72. The third kappa shape index (κ3) is 2.41. The predicted molar refractivity (Wildman–Crippen MR) is 72.6 cm³/mol. The number of hydrogen-bond donors (Lipinski definition) is 2. The van der Waals surface area contributed by atoms with E-state index in [1.165, 1.54) is 6.20 Å². The Morgan fingerprint density at radius 1 is 1.37 bits per heavy atom. The topological polar surface area (TPSA) is 74.8 Å². The fourth-order valence-electron chi connectivity index (χ4n) is 2.79. The Bertz CT molecular complexity index is 511. The molecule has 1 aromatic heterocycles. The lowest BCUT2D eigenvalue weighted by Crippen LogP contribution is -2.29. The van der Waals surface area contributed by atoms with Crippen LogP contribution in [0.15, 0.2) is 17.2 Å². The lowest BCUT2D eigenvalue weighted by Gasteiger charge is -2.06. The van der Waals surface area contributed by atoms with Crippen LogP contribution in [0.3, 0.4) is 0 Å². The summed E-state index contributed by atoms with van der Waals surface area (Å²) in [5.41, 5.74) is 0.691. The van der Waals surface area contributed by atoms with Crippen LogP contribution in [0.2, 0.25) is 0 Å². The van der Waals surface area contributed by atoms with E-state index in [0.29, 0.717) is 13.0 Å². The van der Waals surface area contributed by atoms with Gasteiger partial charge in [0.2, 0.25) is 5.91 Å². The summed E-state index contributed by atoms with van der Waals surface area (Å²) in [4.78, 5) is 29.1. The molecule has 1 aliphatic carbocycles. The lowest BCUT2D eigenvalue weighted by molar-refractivity contribution is -0.123. The molecule has 1 amide bonds. The molecule has 0 saturated heterocycles. The molecule has 0 bridgehead atoms. The molecular weight excluding hydrogens is 242 g/mol. The quantitative estimate of drug-likeness (QED) is 0.854. The van der Waals surface area contributed by atoms with E-state index in [1.54, 1.807) is 6.20 Å². The van der Waals surface area contributed by atoms with Crippen molar-refractivity contribution in [3.05, 3.63) is 28.4 Å². The van der Waals surface area contributed by atoms with Crippen LogP contribution in [0, 0.1) is 16.7 Å². The second kappa shape index (κ2) is 4.47. The highest BCUT2D eigenvalue weighted by molar-refractivity contribution is 5.84. The van der Waals surface area contributed by atoms with Gasteiger partial charge >= 0.3 is 5.69 Å². The second-order valence-electron chi connectivity index (χ2n) is 6.34. The van der Waals surface area contributed by atoms with Crippen LogP contribution in [0.5, 0.6) is 0 Å². The first-order valence-electron chi connectivity index (χ1n) is 6.58. The highest BCUT2D eigenvalue weighted by Crippen LogP contribution is 2.68. The largest absolute Gasteiger partial charge is 0.355 e. The van der Waals surface area contributed by atoms with Gasteiger partial charge in [-0.3, -0.25) is 4.79 Å². The van der Waals surface area contributed by atoms with Crippen molar-refractivity contribution >= 4 is 5.91 Å². The minimum absolute atomic E-state index is 0.0661. The first-order valence-corrected chi connectivity index (χ1v) is 6.58.